The highest BCUT2D eigenvalue weighted by Crippen LogP contribution is 2.33. The lowest BCUT2D eigenvalue weighted by Gasteiger charge is -2.11. The molecule has 0 heterocycles. The lowest BCUT2D eigenvalue weighted by molar-refractivity contribution is -0.132. The zero-order valence-corrected chi connectivity index (χ0v) is 8.92. The topological polar surface area (TPSA) is 49.3 Å². The Balaban J connectivity index is 2.12. The van der Waals surface area contributed by atoms with E-state index in [0.717, 1.165) is 5.92 Å². The van der Waals surface area contributed by atoms with Crippen LogP contribution in [0.25, 0.3) is 0 Å². The third kappa shape index (κ3) is 4.42. The maximum Gasteiger partial charge on any atom is 0.330 e. The van der Waals surface area contributed by atoms with Crippen molar-refractivity contribution in [3.05, 3.63) is 11.6 Å². The SMILES string of the molecule is C/C(=C/CNC(C)CC1CC1)C(=O)O. The van der Waals surface area contributed by atoms with E-state index in [2.05, 4.69) is 12.2 Å². The molecule has 3 nitrogen and oxygen atoms in total. The Bertz CT molecular complexity index is 231. The average Bonchev–Trinajstić information content (AvgIpc) is 2.87. The van der Waals surface area contributed by atoms with Crippen LogP contribution in [-0.4, -0.2) is 23.7 Å². The normalized spacial score (nSPS) is 19.4. The van der Waals surface area contributed by atoms with Crippen molar-refractivity contribution in [1.82, 2.24) is 5.32 Å². The van der Waals surface area contributed by atoms with Gasteiger partial charge < -0.3 is 10.4 Å². The highest BCUT2D eigenvalue weighted by atomic mass is 16.4. The van der Waals surface area contributed by atoms with Crippen LogP contribution in [0.5, 0.6) is 0 Å². The van der Waals surface area contributed by atoms with E-state index in [-0.39, 0.29) is 0 Å². The summed E-state index contributed by atoms with van der Waals surface area (Å²) >= 11 is 0. The summed E-state index contributed by atoms with van der Waals surface area (Å²) in [6, 6.07) is 0.500. The lowest BCUT2D eigenvalue weighted by atomic mass is 10.1. The van der Waals surface area contributed by atoms with Crippen molar-refractivity contribution in [3.8, 4) is 0 Å². The van der Waals surface area contributed by atoms with Crippen molar-refractivity contribution in [3.63, 3.8) is 0 Å². The van der Waals surface area contributed by atoms with Crippen LogP contribution in [0.1, 0.15) is 33.1 Å². The predicted octanol–water partition coefficient (Wildman–Crippen LogP) is 1.80. The van der Waals surface area contributed by atoms with Gasteiger partial charge in [0.25, 0.3) is 0 Å². The molecule has 3 heteroatoms. The zero-order chi connectivity index (χ0) is 10.6. The monoisotopic (exact) mass is 197 g/mol. The van der Waals surface area contributed by atoms with Crippen LogP contribution < -0.4 is 5.32 Å². The van der Waals surface area contributed by atoms with Gasteiger partial charge in [-0.1, -0.05) is 18.9 Å². The van der Waals surface area contributed by atoms with Crippen molar-refractivity contribution >= 4 is 5.97 Å². The molecule has 14 heavy (non-hydrogen) atoms. The van der Waals surface area contributed by atoms with E-state index in [1.807, 2.05) is 0 Å². The van der Waals surface area contributed by atoms with Gasteiger partial charge in [0, 0.05) is 18.2 Å². The molecule has 1 aliphatic carbocycles. The second-order valence-corrected chi connectivity index (χ2v) is 4.18. The minimum Gasteiger partial charge on any atom is -0.478 e. The van der Waals surface area contributed by atoms with E-state index in [9.17, 15) is 4.79 Å². The Hall–Kier alpha value is -0.830. The van der Waals surface area contributed by atoms with E-state index in [0.29, 0.717) is 18.2 Å². The van der Waals surface area contributed by atoms with Gasteiger partial charge in [0.15, 0.2) is 0 Å². The summed E-state index contributed by atoms with van der Waals surface area (Å²) < 4.78 is 0. The van der Waals surface area contributed by atoms with Crippen LogP contribution in [0.3, 0.4) is 0 Å². The van der Waals surface area contributed by atoms with Gasteiger partial charge in [-0.25, -0.2) is 4.79 Å². The van der Waals surface area contributed by atoms with Gasteiger partial charge in [0.1, 0.15) is 0 Å². The van der Waals surface area contributed by atoms with Gasteiger partial charge in [0.2, 0.25) is 0 Å². The molecule has 1 aliphatic rings. The molecule has 0 amide bonds. The Morgan fingerprint density at radius 2 is 2.29 bits per heavy atom. The number of aliphatic carboxylic acids is 1. The third-order valence-electron chi connectivity index (χ3n) is 2.60. The first-order chi connectivity index (χ1) is 6.59. The predicted molar refractivity (Wildman–Crippen MR) is 56.2 cm³/mol. The molecular weight excluding hydrogens is 178 g/mol. The second kappa shape index (κ2) is 5.15. The minimum absolute atomic E-state index is 0.413. The molecule has 0 aliphatic heterocycles. The van der Waals surface area contributed by atoms with Crippen LogP contribution in [-0.2, 0) is 4.79 Å². The first-order valence-electron chi connectivity index (χ1n) is 5.23. The molecule has 0 saturated heterocycles. The third-order valence-corrected chi connectivity index (χ3v) is 2.60. The maximum atomic E-state index is 10.5. The standard InChI is InChI=1S/C11H19NO2/c1-8(11(13)14)5-6-12-9(2)7-10-3-4-10/h5,9-10,12H,3-4,6-7H2,1-2H3,(H,13,14)/b8-5-. The number of rotatable bonds is 6. The van der Waals surface area contributed by atoms with E-state index in [1.165, 1.54) is 19.3 Å². The molecule has 2 N–H and O–H groups in total. The van der Waals surface area contributed by atoms with Crippen LogP contribution >= 0.6 is 0 Å². The summed E-state index contributed by atoms with van der Waals surface area (Å²) in [4.78, 5) is 10.5. The summed E-state index contributed by atoms with van der Waals surface area (Å²) in [6.07, 6.45) is 5.69. The first-order valence-corrected chi connectivity index (χ1v) is 5.23. The van der Waals surface area contributed by atoms with Gasteiger partial charge in [-0.3, -0.25) is 0 Å². The Labute approximate surface area is 85.2 Å². The van der Waals surface area contributed by atoms with Gasteiger partial charge in [-0.05, 0) is 26.2 Å². The smallest absolute Gasteiger partial charge is 0.330 e. The van der Waals surface area contributed by atoms with Crippen LogP contribution in [0.15, 0.2) is 11.6 Å². The molecule has 0 bridgehead atoms. The van der Waals surface area contributed by atoms with Crippen molar-refractivity contribution in [1.29, 1.82) is 0 Å². The molecule has 1 fully saturated rings. The fourth-order valence-electron chi connectivity index (χ4n) is 1.44. The van der Waals surface area contributed by atoms with Crippen molar-refractivity contribution in [2.75, 3.05) is 6.54 Å². The minimum atomic E-state index is -0.832. The number of hydrogen-bond donors (Lipinski definition) is 2. The van der Waals surface area contributed by atoms with Crippen molar-refractivity contribution in [2.45, 2.75) is 39.2 Å². The zero-order valence-electron chi connectivity index (χ0n) is 8.92. The lowest BCUT2D eigenvalue weighted by Crippen LogP contribution is -2.26. The van der Waals surface area contributed by atoms with Gasteiger partial charge >= 0.3 is 5.97 Å². The Kier molecular flexibility index (Phi) is 4.14. The van der Waals surface area contributed by atoms with E-state index in [1.54, 1.807) is 13.0 Å². The van der Waals surface area contributed by atoms with Gasteiger partial charge in [0.05, 0.1) is 0 Å². The van der Waals surface area contributed by atoms with Crippen LogP contribution in [0.4, 0.5) is 0 Å². The van der Waals surface area contributed by atoms with Crippen molar-refractivity contribution < 1.29 is 9.90 Å². The molecule has 1 rings (SSSR count). The van der Waals surface area contributed by atoms with E-state index in [4.69, 9.17) is 5.11 Å². The quantitative estimate of drug-likeness (QED) is 0.638. The largest absolute Gasteiger partial charge is 0.478 e. The number of carboxylic acid groups (broad SMARTS) is 1. The molecule has 1 saturated carbocycles. The van der Waals surface area contributed by atoms with Crippen molar-refractivity contribution in [2.24, 2.45) is 5.92 Å². The van der Waals surface area contributed by atoms with E-state index < -0.39 is 5.97 Å². The average molecular weight is 197 g/mol. The molecule has 0 aromatic heterocycles. The summed E-state index contributed by atoms with van der Waals surface area (Å²) in [5.74, 6) is 0.0868. The molecule has 0 radical (unpaired) electrons. The fourth-order valence-corrected chi connectivity index (χ4v) is 1.44. The number of hydrogen-bond acceptors (Lipinski definition) is 2. The second-order valence-electron chi connectivity index (χ2n) is 4.18. The van der Waals surface area contributed by atoms with E-state index >= 15 is 0 Å². The van der Waals surface area contributed by atoms with Crippen LogP contribution in [0.2, 0.25) is 0 Å². The van der Waals surface area contributed by atoms with Gasteiger partial charge in [-0.15, -0.1) is 0 Å². The maximum absolute atomic E-state index is 10.5. The highest BCUT2D eigenvalue weighted by Gasteiger charge is 2.22. The summed E-state index contributed by atoms with van der Waals surface area (Å²) in [6.45, 7) is 4.43. The summed E-state index contributed by atoms with van der Waals surface area (Å²) in [5, 5.41) is 11.9. The molecule has 1 atom stereocenters. The Morgan fingerprint density at radius 3 is 2.79 bits per heavy atom. The molecule has 80 valence electrons. The molecule has 0 aromatic rings. The summed E-state index contributed by atoms with van der Waals surface area (Å²) in [5.41, 5.74) is 0.413. The van der Waals surface area contributed by atoms with Gasteiger partial charge in [-0.2, -0.15) is 0 Å². The molecular formula is C11H19NO2. The number of nitrogens with one attached hydrogen (secondary N) is 1. The molecule has 1 unspecified atom stereocenters. The van der Waals surface area contributed by atoms with Crippen LogP contribution in [0, 0.1) is 5.92 Å². The number of carboxylic acids is 1. The number of carbonyl (C=O) groups is 1. The summed E-state index contributed by atoms with van der Waals surface area (Å²) in [7, 11) is 0. The fraction of sp³-hybridized carbons (Fsp3) is 0.727. The molecule has 0 spiro atoms. The highest BCUT2D eigenvalue weighted by molar-refractivity contribution is 5.85. The first kappa shape index (κ1) is 11.2. The molecule has 0 aromatic carbocycles. The Morgan fingerprint density at radius 1 is 1.64 bits per heavy atom.